The molecule has 0 saturated heterocycles. The van der Waals surface area contributed by atoms with Gasteiger partial charge in [-0.2, -0.15) is 20.2 Å². The molecule has 4 aromatic heterocycles. The fourth-order valence-corrected chi connectivity index (χ4v) is 1.96. The van der Waals surface area contributed by atoms with Crippen LogP contribution in [0.1, 0.15) is 0 Å². The Morgan fingerprint density at radius 2 is 1.17 bits per heavy atom. The average Bonchev–Trinajstić information content (AvgIpc) is 3.29. The molecule has 4 aromatic rings. The molecule has 0 aromatic carbocycles. The third-order valence-electron chi connectivity index (χ3n) is 3.00. The van der Waals surface area contributed by atoms with E-state index in [0.29, 0.717) is 11.4 Å². The molecule has 0 amide bonds. The number of H-pyrrole nitrogens is 2. The first-order valence-electron chi connectivity index (χ1n) is 6.72. The molecule has 0 radical (unpaired) electrons. The van der Waals surface area contributed by atoms with Crippen LogP contribution in [0.4, 0.5) is 0 Å². The van der Waals surface area contributed by atoms with E-state index in [1.165, 1.54) is 0 Å². The molecule has 9 heteroatoms. The highest BCUT2D eigenvalue weighted by Gasteiger charge is 2.09. The van der Waals surface area contributed by atoms with Gasteiger partial charge in [-0.3, -0.25) is 10.2 Å². The Morgan fingerprint density at radius 3 is 1.61 bits per heavy atom. The normalized spacial score (nSPS) is 10.6. The summed E-state index contributed by atoms with van der Waals surface area (Å²) < 4.78 is 5.54. The smallest absolute Gasteiger partial charge is 0.325 e. The molecule has 0 unspecified atom stereocenters. The number of rotatable bonds is 4. The van der Waals surface area contributed by atoms with Gasteiger partial charge in [0, 0.05) is 24.8 Å². The van der Waals surface area contributed by atoms with E-state index >= 15 is 0 Å². The Kier molecular flexibility index (Phi) is 3.20. The molecular formula is C14H10N8O. The number of nitrogens with zero attached hydrogens (tertiary/aromatic N) is 6. The van der Waals surface area contributed by atoms with Crippen molar-refractivity contribution in [2.24, 2.45) is 0 Å². The molecule has 0 aliphatic carbocycles. The number of hydrogen-bond donors (Lipinski definition) is 2. The lowest BCUT2D eigenvalue weighted by Crippen LogP contribution is -1.98. The quantitative estimate of drug-likeness (QED) is 0.590. The second-order valence-corrected chi connectivity index (χ2v) is 4.49. The summed E-state index contributed by atoms with van der Waals surface area (Å²) in [6.45, 7) is 0. The van der Waals surface area contributed by atoms with Crippen LogP contribution < -0.4 is 4.74 Å². The van der Waals surface area contributed by atoms with E-state index in [2.05, 4.69) is 40.3 Å². The predicted octanol–water partition coefficient (Wildman–Crippen LogP) is 1.84. The highest BCUT2D eigenvalue weighted by Crippen LogP contribution is 2.20. The molecule has 23 heavy (non-hydrogen) atoms. The van der Waals surface area contributed by atoms with Crippen molar-refractivity contribution in [1.82, 2.24) is 40.3 Å². The van der Waals surface area contributed by atoms with Crippen molar-refractivity contribution in [2.75, 3.05) is 0 Å². The van der Waals surface area contributed by atoms with E-state index in [-0.39, 0.29) is 12.0 Å². The first-order chi connectivity index (χ1) is 11.4. The van der Waals surface area contributed by atoms with E-state index in [1.807, 2.05) is 12.1 Å². The minimum absolute atomic E-state index is 0.152. The van der Waals surface area contributed by atoms with Gasteiger partial charge in [0.1, 0.15) is 0 Å². The molecule has 0 aliphatic heterocycles. The monoisotopic (exact) mass is 306 g/mol. The average molecular weight is 306 g/mol. The molecule has 0 spiro atoms. The van der Waals surface area contributed by atoms with E-state index in [1.54, 1.807) is 36.9 Å². The van der Waals surface area contributed by atoms with Gasteiger partial charge in [-0.05, 0) is 24.3 Å². The fourth-order valence-electron chi connectivity index (χ4n) is 1.96. The minimum atomic E-state index is 0.152. The van der Waals surface area contributed by atoms with Gasteiger partial charge in [0.05, 0.1) is 22.8 Å². The summed E-state index contributed by atoms with van der Waals surface area (Å²) in [6, 6.07) is 7.42. The molecule has 4 heterocycles. The topological polar surface area (TPSA) is 118 Å². The molecule has 0 fully saturated rings. The third kappa shape index (κ3) is 2.75. The van der Waals surface area contributed by atoms with E-state index in [0.717, 1.165) is 11.4 Å². The summed E-state index contributed by atoms with van der Waals surface area (Å²) in [7, 11) is 0. The summed E-state index contributed by atoms with van der Waals surface area (Å²) in [5.41, 5.74) is 2.86. The van der Waals surface area contributed by atoms with Crippen LogP contribution in [0, 0.1) is 0 Å². The highest BCUT2D eigenvalue weighted by atomic mass is 16.5. The summed E-state index contributed by atoms with van der Waals surface area (Å²) in [6.07, 6.45) is 6.48. The van der Waals surface area contributed by atoms with Crippen molar-refractivity contribution in [3.05, 3.63) is 49.1 Å². The summed E-state index contributed by atoms with van der Waals surface area (Å²) in [4.78, 5) is 16.7. The molecular weight excluding hydrogens is 296 g/mol. The fraction of sp³-hybridized carbons (Fsp3) is 0. The van der Waals surface area contributed by atoms with Crippen molar-refractivity contribution in [2.45, 2.75) is 0 Å². The van der Waals surface area contributed by atoms with Crippen LogP contribution >= 0.6 is 0 Å². The maximum Gasteiger partial charge on any atom is 0.325 e. The number of aromatic nitrogens is 8. The second-order valence-electron chi connectivity index (χ2n) is 4.49. The largest absolute Gasteiger partial charge is 0.388 e. The van der Waals surface area contributed by atoms with Gasteiger partial charge in [-0.25, -0.2) is 9.97 Å². The Labute approximate surface area is 129 Å². The van der Waals surface area contributed by atoms with Gasteiger partial charge in [0.2, 0.25) is 0 Å². The van der Waals surface area contributed by atoms with Crippen LogP contribution in [0.2, 0.25) is 0 Å². The first kappa shape index (κ1) is 13.1. The van der Waals surface area contributed by atoms with Crippen molar-refractivity contribution in [3.63, 3.8) is 0 Å². The Balaban J connectivity index is 1.61. The molecule has 112 valence electrons. The van der Waals surface area contributed by atoms with Crippen LogP contribution in [0.5, 0.6) is 12.0 Å². The SMILES string of the molecule is c1cc(-c2ccnc(Oc3nccc(-c4ccn[nH]4)n3)n2)[nH]n1. The molecule has 9 nitrogen and oxygen atoms in total. The number of aromatic amines is 2. The Hall–Kier alpha value is -3.62. The van der Waals surface area contributed by atoms with Crippen molar-refractivity contribution < 1.29 is 4.74 Å². The van der Waals surface area contributed by atoms with Crippen molar-refractivity contribution in [3.8, 4) is 34.8 Å². The zero-order valence-corrected chi connectivity index (χ0v) is 11.7. The molecule has 0 bridgehead atoms. The molecule has 2 N–H and O–H groups in total. The summed E-state index contributed by atoms with van der Waals surface area (Å²) in [5, 5.41) is 13.5. The summed E-state index contributed by atoms with van der Waals surface area (Å²) >= 11 is 0. The molecule has 4 rings (SSSR count). The number of hydrogen-bond acceptors (Lipinski definition) is 7. The Morgan fingerprint density at radius 1 is 0.652 bits per heavy atom. The highest BCUT2D eigenvalue weighted by molar-refractivity contribution is 5.53. The van der Waals surface area contributed by atoms with Gasteiger partial charge in [0.15, 0.2) is 0 Å². The lowest BCUT2D eigenvalue weighted by Gasteiger charge is -2.04. The summed E-state index contributed by atoms with van der Waals surface area (Å²) in [5.74, 6) is 0. The van der Waals surface area contributed by atoms with Gasteiger partial charge < -0.3 is 4.74 Å². The van der Waals surface area contributed by atoms with Crippen LogP contribution in [0.15, 0.2) is 49.1 Å². The standard InChI is InChI=1S/C14H10N8O/c1-5-15-13(19-9(1)11-3-7-17-21-11)23-14-16-6-2-10(20-14)12-4-8-18-22-12/h1-8H,(H,17,21)(H,18,22). The minimum Gasteiger partial charge on any atom is -0.388 e. The number of nitrogens with one attached hydrogen (secondary N) is 2. The predicted molar refractivity (Wildman–Crippen MR) is 79.3 cm³/mol. The van der Waals surface area contributed by atoms with Crippen molar-refractivity contribution >= 4 is 0 Å². The van der Waals surface area contributed by atoms with Gasteiger partial charge in [0.25, 0.3) is 0 Å². The van der Waals surface area contributed by atoms with Crippen LogP contribution in [-0.4, -0.2) is 40.3 Å². The van der Waals surface area contributed by atoms with Gasteiger partial charge in [-0.1, -0.05) is 0 Å². The van der Waals surface area contributed by atoms with Crippen LogP contribution in [0.25, 0.3) is 22.8 Å². The number of ether oxygens (including phenoxy) is 1. The van der Waals surface area contributed by atoms with E-state index in [9.17, 15) is 0 Å². The molecule has 0 saturated carbocycles. The van der Waals surface area contributed by atoms with Gasteiger partial charge in [-0.15, -0.1) is 0 Å². The maximum atomic E-state index is 5.54. The molecule has 0 aliphatic rings. The second kappa shape index (κ2) is 5.64. The maximum absolute atomic E-state index is 5.54. The zero-order valence-electron chi connectivity index (χ0n) is 11.7. The lowest BCUT2D eigenvalue weighted by atomic mass is 10.3. The van der Waals surface area contributed by atoms with Crippen LogP contribution in [0.3, 0.4) is 0 Å². The van der Waals surface area contributed by atoms with E-state index < -0.39 is 0 Å². The zero-order chi connectivity index (χ0) is 15.5. The third-order valence-corrected chi connectivity index (χ3v) is 3.00. The lowest BCUT2D eigenvalue weighted by molar-refractivity contribution is 0.408. The van der Waals surface area contributed by atoms with Crippen LogP contribution in [-0.2, 0) is 0 Å². The Bertz CT molecular complexity index is 828. The first-order valence-corrected chi connectivity index (χ1v) is 6.72. The molecule has 0 atom stereocenters. The van der Waals surface area contributed by atoms with Crippen molar-refractivity contribution in [1.29, 1.82) is 0 Å². The van der Waals surface area contributed by atoms with Gasteiger partial charge >= 0.3 is 12.0 Å². The van der Waals surface area contributed by atoms with E-state index in [4.69, 9.17) is 4.74 Å².